The van der Waals surface area contributed by atoms with Gasteiger partial charge in [0.2, 0.25) is 0 Å². The van der Waals surface area contributed by atoms with Crippen LogP contribution in [-0.4, -0.2) is 37.9 Å². The topological polar surface area (TPSA) is 86.5 Å². The zero-order valence-electron chi connectivity index (χ0n) is 14.2. The Morgan fingerprint density at radius 1 is 1.50 bits per heavy atom. The molecule has 0 bridgehead atoms. The van der Waals surface area contributed by atoms with Crippen molar-refractivity contribution < 1.29 is 14.3 Å². The van der Waals surface area contributed by atoms with Crippen LogP contribution in [0.5, 0.6) is 0 Å². The highest BCUT2D eigenvalue weighted by Gasteiger charge is 2.22. The molecule has 6 nitrogen and oxygen atoms in total. The van der Waals surface area contributed by atoms with Gasteiger partial charge in [-0.25, -0.2) is 4.98 Å². The highest BCUT2D eigenvalue weighted by atomic mass is 32.1. The molecule has 0 fully saturated rings. The smallest absolute Gasteiger partial charge is 0.263 e. The van der Waals surface area contributed by atoms with Gasteiger partial charge in [0.15, 0.2) is 6.29 Å². The fourth-order valence-electron chi connectivity index (χ4n) is 3.06. The van der Waals surface area contributed by atoms with Crippen LogP contribution in [0.3, 0.4) is 0 Å². The summed E-state index contributed by atoms with van der Waals surface area (Å²) >= 11 is 1.34. The fraction of sp³-hybridized carbons (Fsp3) is 0.529. The third-order valence-corrected chi connectivity index (χ3v) is 5.61. The first-order valence-electron chi connectivity index (χ1n) is 8.08. The minimum Gasteiger partial charge on any atom is -0.397 e. The van der Waals surface area contributed by atoms with Crippen molar-refractivity contribution in [1.82, 2.24) is 10.3 Å². The van der Waals surface area contributed by atoms with Gasteiger partial charge in [0.1, 0.15) is 9.71 Å². The van der Waals surface area contributed by atoms with Crippen LogP contribution in [0.25, 0.3) is 10.2 Å². The first-order valence-corrected chi connectivity index (χ1v) is 8.89. The lowest BCUT2D eigenvalue weighted by Crippen LogP contribution is -2.34. The van der Waals surface area contributed by atoms with E-state index in [9.17, 15) is 4.79 Å². The summed E-state index contributed by atoms with van der Waals surface area (Å²) < 4.78 is 10.2. The standard InChI is InChI=1S/C17H23N3O3S/c1-9-4-5-12-10(6-9)7-11-14(18)15(24-17(11)20-12)16(21)19-8-13(22-2)23-3/h7,9,13H,4-6,8,18H2,1-3H3,(H,19,21). The molecule has 1 aliphatic rings. The summed E-state index contributed by atoms with van der Waals surface area (Å²) in [5.41, 5.74) is 9.14. The molecule has 0 spiro atoms. The lowest BCUT2D eigenvalue weighted by atomic mass is 9.87. The average Bonchev–Trinajstić information content (AvgIpc) is 2.90. The first-order chi connectivity index (χ1) is 11.5. The van der Waals surface area contributed by atoms with Gasteiger partial charge in [0.05, 0.1) is 12.2 Å². The number of amides is 1. The van der Waals surface area contributed by atoms with Gasteiger partial charge in [-0.05, 0) is 36.8 Å². The zero-order valence-corrected chi connectivity index (χ0v) is 15.0. The van der Waals surface area contributed by atoms with E-state index in [1.165, 1.54) is 31.1 Å². The highest BCUT2D eigenvalue weighted by Crippen LogP contribution is 2.36. The summed E-state index contributed by atoms with van der Waals surface area (Å²) in [6.45, 7) is 2.52. The number of hydrogen-bond acceptors (Lipinski definition) is 6. The summed E-state index contributed by atoms with van der Waals surface area (Å²) in [6.07, 6.45) is 2.71. The Hall–Kier alpha value is -1.70. The summed E-state index contributed by atoms with van der Waals surface area (Å²) in [6, 6.07) is 2.11. The van der Waals surface area contributed by atoms with E-state index in [0.29, 0.717) is 16.5 Å². The maximum Gasteiger partial charge on any atom is 0.263 e. The van der Waals surface area contributed by atoms with Crippen molar-refractivity contribution in [2.45, 2.75) is 32.5 Å². The van der Waals surface area contributed by atoms with Gasteiger partial charge >= 0.3 is 0 Å². The normalized spacial score (nSPS) is 17.2. The van der Waals surface area contributed by atoms with Crippen LogP contribution in [0.15, 0.2) is 6.07 Å². The van der Waals surface area contributed by atoms with Crippen LogP contribution in [0, 0.1) is 5.92 Å². The number of nitrogens with two attached hydrogens (primary N) is 1. The lowest BCUT2D eigenvalue weighted by molar-refractivity contribution is -0.0974. The predicted molar refractivity (Wildman–Crippen MR) is 95.4 cm³/mol. The van der Waals surface area contributed by atoms with Crippen molar-refractivity contribution in [1.29, 1.82) is 0 Å². The summed E-state index contributed by atoms with van der Waals surface area (Å²) in [7, 11) is 3.06. The van der Waals surface area contributed by atoms with E-state index in [2.05, 4.69) is 18.3 Å². The number of rotatable bonds is 5. The second kappa shape index (κ2) is 7.04. The number of fused-ring (bicyclic) bond motifs is 2. The molecule has 2 aromatic heterocycles. The van der Waals surface area contributed by atoms with Crippen LogP contribution in [0.2, 0.25) is 0 Å². The van der Waals surface area contributed by atoms with E-state index in [0.717, 1.165) is 35.2 Å². The van der Waals surface area contributed by atoms with Crippen molar-refractivity contribution in [3.8, 4) is 0 Å². The second-order valence-electron chi connectivity index (χ2n) is 6.25. The van der Waals surface area contributed by atoms with Gasteiger partial charge in [-0.2, -0.15) is 0 Å². The van der Waals surface area contributed by atoms with Crippen LogP contribution in [0.1, 0.15) is 34.3 Å². The number of methoxy groups -OCH3 is 2. The minimum absolute atomic E-state index is 0.221. The molecule has 0 saturated carbocycles. The number of carbonyl (C=O) groups excluding carboxylic acids is 1. The number of nitrogens with zero attached hydrogens (tertiary/aromatic N) is 1. The number of pyridine rings is 1. The van der Waals surface area contributed by atoms with Crippen molar-refractivity contribution >= 4 is 33.1 Å². The van der Waals surface area contributed by atoms with E-state index >= 15 is 0 Å². The average molecular weight is 349 g/mol. The minimum atomic E-state index is -0.475. The molecule has 2 heterocycles. The molecular weight excluding hydrogens is 326 g/mol. The molecule has 0 aromatic carbocycles. The van der Waals surface area contributed by atoms with E-state index < -0.39 is 6.29 Å². The Kier molecular flexibility index (Phi) is 5.03. The number of thiophene rings is 1. The molecule has 1 aliphatic carbocycles. The van der Waals surface area contributed by atoms with E-state index in [4.69, 9.17) is 20.2 Å². The van der Waals surface area contributed by atoms with Crippen LogP contribution in [0.4, 0.5) is 5.69 Å². The SMILES string of the molecule is COC(CNC(=O)c1sc2nc3c(cc2c1N)CC(C)CC3)OC. The fourth-order valence-corrected chi connectivity index (χ4v) is 4.07. The number of aromatic nitrogens is 1. The third kappa shape index (κ3) is 3.24. The molecule has 1 amide bonds. The summed E-state index contributed by atoms with van der Waals surface area (Å²) in [4.78, 5) is 18.5. The van der Waals surface area contributed by atoms with Gasteiger partial charge in [-0.15, -0.1) is 11.3 Å². The Bertz CT molecular complexity index is 755. The van der Waals surface area contributed by atoms with E-state index in [-0.39, 0.29) is 12.5 Å². The van der Waals surface area contributed by atoms with Gasteiger partial charge in [0, 0.05) is 25.3 Å². The van der Waals surface area contributed by atoms with E-state index in [1.54, 1.807) is 0 Å². The Labute approximate surface area is 145 Å². The van der Waals surface area contributed by atoms with Gasteiger partial charge in [0.25, 0.3) is 5.91 Å². The van der Waals surface area contributed by atoms with Gasteiger partial charge < -0.3 is 20.5 Å². The third-order valence-electron chi connectivity index (χ3n) is 4.49. The maximum atomic E-state index is 12.4. The highest BCUT2D eigenvalue weighted by molar-refractivity contribution is 7.21. The number of hydrogen-bond donors (Lipinski definition) is 2. The van der Waals surface area contributed by atoms with Crippen LogP contribution in [-0.2, 0) is 22.3 Å². The summed E-state index contributed by atoms with van der Waals surface area (Å²) in [5, 5.41) is 3.68. The molecule has 24 heavy (non-hydrogen) atoms. The van der Waals surface area contributed by atoms with Crippen molar-refractivity contribution in [3.05, 3.63) is 22.2 Å². The van der Waals surface area contributed by atoms with Crippen molar-refractivity contribution in [2.75, 3.05) is 26.5 Å². The molecule has 130 valence electrons. The maximum absolute atomic E-state index is 12.4. The molecule has 7 heteroatoms. The molecule has 2 aromatic rings. The Morgan fingerprint density at radius 2 is 2.25 bits per heavy atom. The molecule has 0 saturated heterocycles. The Balaban J connectivity index is 1.87. The number of nitrogen functional groups attached to an aromatic ring is 1. The molecule has 0 aliphatic heterocycles. The quantitative estimate of drug-likeness (QED) is 0.809. The molecule has 3 rings (SSSR count). The molecule has 3 N–H and O–H groups in total. The molecule has 1 unspecified atom stereocenters. The lowest BCUT2D eigenvalue weighted by Gasteiger charge is -2.20. The van der Waals surface area contributed by atoms with Crippen molar-refractivity contribution in [2.24, 2.45) is 5.92 Å². The molecule has 1 atom stereocenters. The first kappa shape index (κ1) is 17.1. The molecular formula is C17H23N3O3S. The van der Waals surface area contributed by atoms with Crippen molar-refractivity contribution in [3.63, 3.8) is 0 Å². The number of carbonyl (C=O) groups is 1. The molecule has 0 radical (unpaired) electrons. The predicted octanol–water partition coefficient (Wildman–Crippen LogP) is 2.35. The largest absolute Gasteiger partial charge is 0.397 e. The number of aryl methyl sites for hydroxylation is 1. The monoisotopic (exact) mass is 349 g/mol. The van der Waals surface area contributed by atoms with Gasteiger partial charge in [-0.3, -0.25) is 4.79 Å². The number of ether oxygens (including phenoxy) is 2. The number of nitrogens with one attached hydrogen (secondary N) is 1. The number of anilines is 1. The second-order valence-corrected chi connectivity index (χ2v) is 7.25. The van der Waals surface area contributed by atoms with Gasteiger partial charge in [-0.1, -0.05) is 6.92 Å². The Morgan fingerprint density at radius 3 is 2.96 bits per heavy atom. The zero-order chi connectivity index (χ0) is 17.3. The summed E-state index contributed by atoms with van der Waals surface area (Å²) in [5.74, 6) is 0.445. The van der Waals surface area contributed by atoms with Crippen LogP contribution < -0.4 is 11.1 Å². The van der Waals surface area contributed by atoms with E-state index in [1.807, 2.05) is 0 Å². The van der Waals surface area contributed by atoms with Crippen LogP contribution >= 0.6 is 11.3 Å².